The number of nitrogens with one attached hydrogen (secondary N) is 1. The predicted molar refractivity (Wildman–Crippen MR) is 77.3 cm³/mol. The Labute approximate surface area is 118 Å². The van der Waals surface area contributed by atoms with E-state index in [-0.39, 0.29) is 24.5 Å². The predicted octanol–water partition coefficient (Wildman–Crippen LogP) is 2.69. The zero-order valence-electron chi connectivity index (χ0n) is 11.7. The third-order valence-electron chi connectivity index (χ3n) is 3.46. The molecule has 0 aliphatic carbocycles. The molecular formula is C16H19NO3. The van der Waals surface area contributed by atoms with Crippen molar-refractivity contribution in [2.75, 3.05) is 6.61 Å². The minimum absolute atomic E-state index is 0.00547. The van der Waals surface area contributed by atoms with E-state index in [1.54, 1.807) is 6.07 Å². The van der Waals surface area contributed by atoms with Crippen molar-refractivity contribution in [3.05, 3.63) is 48.4 Å². The summed E-state index contributed by atoms with van der Waals surface area (Å²) in [6.07, 6.45) is 1.51. The second kappa shape index (κ2) is 6.39. The van der Waals surface area contributed by atoms with Crippen LogP contribution in [0.3, 0.4) is 0 Å². The molecule has 0 spiro atoms. The number of benzene rings is 1. The van der Waals surface area contributed by atoms with Crippen LogP contribution in [0, 0.1) is 5.92 Å². The molecule has 0 saturated carbocycles. The Hall–Kier alpha value is -2.07. The monoisotopic (exact) mass is 273 g/mol. The van der Waals surface area contributed by atoms with E-state index in [2.05, 4.69) is 5.32 Å². The molecule has 2 atom stereocenters. The quantitative estimate of drug-likeness (QED) is 0.880. The molecule has 1 aromatic heterocycles. The average Bonchev–Trinajstić information content (AvgIpc) is 2.96. The van der Waals surface area contributed by atoms with Gasteiger partial charge in [0.05, 0.1) is 6.26 Å². The van der Waals surface area contributed by atoms with E-state index in [4.69, 9.17) is 9.52 Å². The Kier molecular flexibility index (Phi) is 4.58. The van der Waals surface area contributed by atoms with Crippen molar-refractivity contribution in [2.45, 2.75) is 19.9 Å². The summed E-state index contributed by atoms with van der Waals surface area (Å²) >= 11 is 0. The lowest BCUT2D eigenvalue weighted by molar-refractivity contribution is 0.0889. The smallest absolute Gasteiger partial charge is 0.287 e. The van der Waals surface area contributed by atoms with E-state index >= 15 is 0 Å². The van der Waals surface area contributed by atoms with Crippen molar-refractivity contribution in [1.29, 1.82) is 0 Å². The Balaban J connectivity index is 2.18. The van der Waals surface area contributed by atoms with Gasteiger partial charge in [0.25, 0.3) is 5.91 Å². The summed E-state index contributed by atoms with van der Waals surface area (Å²) in [4.78, 5) is 12.2. The van der Waals surface area contributed by atoms with E-state index in [0.717, 1.165) is 11.1 Å². The average molecular weight is 273 g/mol. The van der Waals surface area contributed by atoms with Crippen molar-refractivity contribution in [3.8, 4) is 11.1 Å². The number of rotatable bonds is 5. The second-order valence-electron chi connectivity index (χ2n) is 4.95. The fourth-order valence-electron chi connectivity index (χ4n) is 1.90. The summed E-state index contributed by atoms with van der Waals surface area (Å²) in [6.45, 7) is 3.78. The zero-order valence-corrected chi connectivity index (χ0v) is 11.7. The normalized spacial score (nSPS) is 13.8. The largest absolute Gasteiger partial charge is 0.459 e. The van der Waals surface area contributed by atoms with E-state index in [1.807, 2.05) is 44.2 Å². The molecule has 106 valence electrons. The molecule has 1 amide bonds. The SMILES string of the molecule is CC(CO)C(C)NC(=O)c1occc1-c1ccccc1. The molecule has 2 aromatic rings. The van der Waals surface area contributed by atoms with Gasteiger partial charge in [-0.15, -0.1) is 0 Å². The Bertz CT molecular complexity index is 562. The highest BCUT2D eigenvalue weighted by Crippen LogP contribution is 2.24. The van der Waals surface area contributed by atoms with Gasteiger partial charge in [-0.25, -0.2) is 0 Å². The van der Waals surface area contributed by atoms with E-state index in [0.29, 0.717) is 5.76 Å². The first-order chi connectivity index (χ1) is 9.63. The van der Waals surface area contributed by atoms with Crippen molar-refractivity contribution in [2.24, 2.45) is 5.92 Å². The first-order valence-corrected chi connectivity index (χ1v) is 6.68. The molecule has 2 unspecified atom stereocenters. The van der Waals surface area contributed by atoms with Crippen molar-refractivity contribution in [1.82, 2.24) is 5.32 Å². The number of amides is 1. The van der Waals surface area contributed by atoms with E-state index < -0.39 is 0 Å². The third kappa shape index (κ3) is 3.08. The summed E-state index contributed by atoms with van der Waals surface area (Å²) in [7, 11) is 0. The fourth-order valence-corrected chi connectivity index (χ4v) is 1.90. The molecule has 1 aromatic carbocycles. The summed E-state index contributed by atoms with van der Waals surface area (Å²) in [5.74, 6) is 0.0314. The molecule has 0 aliphatic heterocycles. The lowest BCUT2D eigenvalue weighted by Gasteiger charge is -2.18. The maximum atomic E-state index is 12.2. The van der Waals surface area contributed by atoms with Crippen LogP contribution < -0.4 is 5.32 Å². The summed E-state index contributed by atoms with van der Waals surface area (Å²) in [6, 6.07) is 11.3. The fraction of sp³-hybridized carbons (Fsp3) is 0.312. The highest BCUT2D eigenvalue weighted by atomic mass is 16.3. The molecular weight excluding hydrogens is 254 g/mol. The molecule has 2 rings (SSSR count). The van der Waals surface area contributed by atoms with E-state index in [9.17, 15) is 4.79 Å². The molecule has 0 fully saturated rings. The number of aliphatic hydroxyl groups excluding tert-OH is 1. The van der Waals surface area contributed by atoms with Gasteiger partial charge >= 0.3 is 0 Å². The van der Waals surface area contributed by atoms with Gasteiger partial charge in [0.2, 0.25) is 0 Å². The molecule has 2 N–H and O–H groups in total. The van der Waals surface area contributed by atoms with Crippen molar-refractivity contribution >= 4 is 5.91 Å². The van der Waals surface area contributed by atoms with Crippen LogP contribution in [0.2, 0.25) is 0 Å². The van der Waals surface area contributed by atoms with Gasteiger partial charge in [-0.05, 0) is 24.5 Å². The first kappa shape index (κ1) is 14.3. The molecule has 1 heterocycles. The van der Waals surface area contributed by atoms with Crippen molar-refractivity contribution < 1.29 is 14.3 Å². The molecule has 4 nitrogen and oxygen atoms in total. The van der Waals surface area contributed by atoms with E-state index in [1.165, 1.54) is 6.26 Å². The van der Waals surface area contributed by atoms with Crippen LogP contribution in [-0.4, -0.2) is 23.7 Å². The minimum Gasteiger partial charge on any atom is -0.459 e. The van der Waals surface area contributed by atoms with Crippen LogP contribution in [0.1, 0.15) is 24.4 Å². The maximum Gasteiger partial charge on any atom is 0.287 e. The highest BCUT2D eigenvalue weighted by molar-refractivity contribution is 5.98. The molecule has 0 saturated heterocycles. The lowest BCUT2D eigenvalue weighted by Crippen LogP contribution is -2.38. The van der Waals surface area contributed by atoms with Gasteiger partial charge in [0, 0.05) is 18.2 Å². The molecule has 0 radical (unpaired) electrons. The van der Waals surface area contributed by atoms with Gasteiger partial charge in [-0.1, -0.05) is 37.3 Å². The maximum absolute atomic E-state index is 12.2. The number of furan rings is 1. The van der Waals surface area contributed by atoms with Crippen LogP contribution in [-0.2, 0) is 0 Å². The molecule has 0 bridgehead atoms. The topological polar surface area (TPSA) is 62.5 Å². The second-order valence-corrected chi connectivity index (χ2v) is 4.95. The highest BCUT2D eigenvalue weighted by Gasteiger charge is 2.20. The standard InChI is InChI=1S/C16H19NO3/c1-11(10-18)12(2)17-16(19)15-14(8-9-20-15)13-6-4-3-5-7-13/h3-9,11-12,18H,10H2,1-2H3,(H,17,19). The minimum atomic E-state index is -0.262. The summed E-state index contributed by atoms with van der Waals surface area (Å²) in [5, 5.41) is 12.0. The lowest BCUT2D eigenvalue weighted by atomic mass is 10.0. The van der Waals surface area contributed by atoms with Gasteiger partial charge in [-0.3, -0.25) is 4.79 Å². The number of carbonyl (C=O) groups is 1. The molecule has 4 heteroatoms. The Morgan fingerprint density at radius 2 is 1.95 bits per heavy atom. The van der Waals surface area contributed by atoms with Gasteiger partial charge in [-0.2, -0.15) is 0 Å². The van der Waals surface area contributed by atoms with Gasteiger partial charge < -0.3 is 14.8 Å². The van der Waals surface area contributed by atoms with Crippen molar-refractivity contribution in [3.63, 3.8) is 0 Å². The van der Waals surface area contributed by atoms with Crippen LogP contribution in [0.25, 0.3) is 11.1 Å². The van der Waals surface area contributed by atoms with Crippen LogP contribution in [0.5, 0.6) is 0 Å². The van der Waals surface area contributed by atoms with Crippen LogP contribution >= 0.6 is 0 Å². The summed E-state index contributed by atoms with van der Waals surface area (Å²) in [5.41, 5.74) is 1.71. The Morgan fingerprint density at radius 1 is 1.25 bits per heavy atom. The molecule has 20 heavy (non-hydrogen) atoms. The molecule has 0 aliphatic rings. The van der Waals surface area contributed by atoms with Gasteiger partial charge in [0.1, 0.15) is 0 Å². The van der Waals surface area contributed by atoms with Crippen LogP contribution in [0.4, 0.5) is 0 Å². The number of hydrogen-bond donors (Lipinski definition) is 2. The first-order valence-electron chi connectivity index (χ1n) is 6.68. The van der Waals surface area contributed by atoms with Crippen LogP contribution in [0.15, 0.2) is 47.1 Å². The number of aliphatic hydroxyl groups is 1. The number of hydrogen-bond acceptors (Lipinski definition) is 3. The zero-order chi connectivity index (χ0) is 14.5. The third-order valence-corrected chi connectivity index (χ3v) is 3.46. The number of carbonyl (C=O) groups excluding carboxylic acids is 1. The summed E-state index contributed by atoms with van der Waals surface area (Å²) < 4.78 is 5.32. The van der Waals surface area contributed by atoms with Gasteiger partial charge in [0.15, 0.2) is 5.76 Å². The Morgan fingerprint density at radius 3 is 2.60 bits per heavy atom.